The monoisotopic (exact) mass is 374 g/mol. The van der Waals surface area contributed by atoms with Gasteiger partial charge in [0.05, 0.1) is 24.5 Å². The molecule has 0 radical (unpaired) electrons. The van der Waals surface area contributed by atoms with Crippen molar-refractivity contribution in [1.82, 2.24) is 10.2 Å². The lowest BCUT2D eigenvalue weighted by atomic mass is 10.1. The quantitative estimate of drug-likeness (QED) is 0.526. The van der Waals surface area contributed by atoms with Gasteiger partial charge in [-0.1, -0.05) is 26.2 Å². The maximum Gasteiger partial charge on any atom is 0.335 e. The van der Waals surface area contributed by atoms with E-state index in [0.717, 1.165) is 37.1 Å². The topological polar surface area (TPSA) is 84.4 Å². The van der Waals surface area contributed by atoms with Crippen LogP contribution >= 0.6 is 0 Å². The summed E-state index contributed by atoms with van der Waals surface area (Å²) in [6, 6.07) is 4.86. The van der Waals surface area contributed by atoms with Crippen LogP contribution in [0.5, 0.6) is 11.5 Å². The van der Waals surface area contributed by atoms with Gasteiger partial charge in [-0.2, -0.15) is 5.10 Å². The van der Waals surface area contributed by atoms with Crippen LogP contribution in [-0.4, -0.2) is 34.5 Å². The maximum atomic E-state index is 11.4. The van der Waals surface area contributed by atoms with Gasteiger partial charge in [-0.3, -0.25) is 5.10 Å². The van der Waals surface area contributed by atoms with Crippen LogP contribution in [0.15, 0.2) is 18.2 Å². The molecule has 0 fully saturated rings. The minimum absolute atomic E-state index is 0.178. The van der Waals surface area contributed by atoms with Gasteiger partial charge in [0, 0.05) is 11.8 Å². The van der Waals surface area contributed by atoms with Crippen LogP contribution in [0.2, 0.25) is 0 Å². The van der Waals surface area contributed by atoms with E-state index in [4.69, 9.17) is 9.47 Å². The number of aromatic nitrogens is 2. The molecule has 1 aromatic carbocycles. The lowest BCUT2D eigenvalue weighted by molar-refractivity contribution is 0.0695. The van der Waals surface area contributed by atoms with E-state index in [0.29, 0.717) is 24.7 Å². The number of carboxylic acid groups (broad SMARTS) is 1. The third-order valence-electron chi connectivity index (χ3n) is 4.51. The molecular formula is C21H30N2O4. The van der Waals surface area contributed by atoms with Crippen molar-refractivity contribution >= 4 is 5.97 Å². The van der Waals surface area contributed by atoms with Crippen molar-refractivity contribution in [3.63, 3.8) is 0 Å². The van der Waals surface area contributed by atoms with Crippen molar-refractivity contribution in [3.8, 4) is 11.5 Å². The Hall–Kier alpha value is -2.50. The number of ether oxygens (including phenoxy) is 2. The minimum atomic E-state index is -0.985. The zero-order chi connectivity index (χ0) is 19.6. The number of aromatic amines is 1. The average Bonchev–Trinajstić information content (AvgIpc) is 2.96. The van der Waals surface area contributed by atoms with Crippen LogP contribution in [-0.2, 0) is 6.42 Å². The number of benzene rings is 1. The van der Waals surface area contributed by atoms with E-state index in [-0.39, 0.29) is 5.56 Å². The Kier molecular flexibility index (Phi) is 8.17. The summed E-state index contributed by atoms with van der Waals surface area (Å²) in [6.45, 7) is 7.25. The largest absolute Gasteiger partial charge is 0.493 e. The molecular weight excluding hydrogens is 344 g/mol. The molecule has 0 saturated carbocycles. The molecule has 27 heavy (non-hydrogen) atoms. The molecule has 0 amide bonds. The van der Waals surface area contributed by atoms with Crippen LogP contribution in [0.1, 0.15) is 66.3 Å². The molecule has 1 heterocycles. The van der Waals surface area contributed by atoms with Crippen molar-refractivity contribution in [2.24, 2.45) is 0 Å². The first-order chi connectivity index (χ1) is 13.0. The van der Waals surface area contributed by atoms with E-state index in [1.165, 1.54) is 18.4 Å². The van der Waals surface area contributed by atoms with Gasteiger partial charge >= 0.3 is 5.97 Å². The highest BCUT2D eigenvalue weighted by Gasteiger charge is 2.10. The number of nitrogens with one attached hydrogen (secondary N) is 1. The number of nitrogens with zero attached hydrogens (tertiary/aromatic N) is 1. The van der Waals surface area contributed by atoms with Gasteiger partial charge in [-0.05, 0) is 50.8 Å². The van der Waals surface area contributed by atoms with Crippen LogP contribution in [0.3, 0.4) is 0 Å². The Morgan fingerprint density at radius 1 is 1.04 bits per heavy atom. The third-order valence-corrected chi connectivity index (χ3v) is 4.51. The average molecular weight is 374 g/mol. The summed E-state index contributed by atoms with van der Waals surface area (Å²) < 4.78 is 11.5. The fraction of sp³-hybridized carbons (Fsp3) is 0.524. The molecule has 0 spiro atoms. The Balaban J connectivity index is 1.89. The molecule has 0 saturated heterocycles. The molecule has 0 bridgehead atoms. The molecule has 0 atom stereocenters. The number of carbonyl (C=O) groups is 1. The van der Waals surface area contributed by atoms with Crippen molar-refractivity contribution in [2.45, 2.75) is 59.3 Å². The molecule has 2 N–H and O–H groups in total. The fourth-order valence-corrected chi connectivity index (χ4v) is 2.96. The van der Waals surface area contributed by atoms with E-state index in [1.807, 2.05) is 13.8 Å². The summed E-state index contributed by atoms with van der Waals surface area (Å²) in [7, 11) is 0. The Morgan fingerprint density at radius 3 is 2.26 bits per heavy atom. The first-order valence-corrected chi connectivity index (χ1v) is 9.65. The number of hydrogen-bond acceptors (Lipinski definition) is 4. The highest BCUT2D eigenvalue weighted by molar-refractivity contribution is 5.88. The first-order valence-electron chi connectivity index (χ1n) is 9.65. The summed E-state index contributed by atoms with van der Waals surface area (Å²) in [5.74, 6) is 0.0861. The minimum Gasteiger partial charge on any atom is -0.493 e. The number of hydrogen-bond donors (Lipinski definition) is 2. The van der Waals surface area contributed by atoms with Gasteiger partial charge in [0.15, 0.2) is 0 Å². The SMILES string of the molecule is CCCCCCOc1cc(OCCCc2c(C)n[nH]c2C)cc(C(=O)O)c1. The van der Waals surface area contributed by atoms with Crippen LogP contribution in [0.25, 0.3) is 0 Å². The van der Waals surface area contributed by atoms with E-state index in [1.54, 1.807) is 18.2 Å². The summed E-state index contributed by atoms with van der Waals surface area (Å²) in [6.07, 6.45) is 6.13. The van der Waals surface area contributed by atoms with E-state index >= 15 is 0 Å². The standard InChI is InChI=1S/C21H30N2O4/c1-4-5-6-7-10-26-18-12-17(21(24)25)13-19(14-18)27-11-8-9-20-15(2)22-23-16(20)3/h12-14H,4-11H2,1-3H3,(H,22,23)(H,24,25). The zero-order valence-corrected chi connectivity index (χ0v) is 16.5. The second kappa shape index (κ2) is 10.6. The number of aromatic carboxylic acids is 1. The molecule has 148 valence electrons. The van der Waals surface area contributed by atoms with Gasteiger partial charge in [-0.15, -0.1) is 0 Å². The highest BCUT2D eigenvalue weighted by atomic mass is 16.5. The van der Waals surface area contributed by atoms with Crippen molar-refractivity contribution in [1.29, 1.82) is 0 Å². The van der Waals surface area contributed by atoms with Crippen LogP contribution < -0.4 is 9.47 Å². The summed E-state index contributed by atoms with van der Waals surface area (Å²) in [5.41, 5.74) is 3.49. The number of rotatable bonds is 12. The molecule has 0 aliphatic carbocycles. The first kappa shape index (κ1) is 20.8. The van der Waals surface area contributed by atoms with E-state index in [9.17, 15) is 9.90 Å². The number of H-pyrrole nitrogens is 1. The second-order valence-electron chi connectivity index (χ2n) is 6.77. The molecule has 6 heteroatoms. The normalized spacial score (nSPS) is 10.8. The molecule has 2 aromatic rings. The highest BCUT2D eigenvalue weighted by Crippen LogP contribution is 2.24. The predicted octanol–water partition coefficient (Wildman–Crippen LogP) is 4.70. The summed E-state index contributed by atoms with van der Waals surface area (Å²) in [4.78, 5) is 11.4. The fourth-order valence-electron chi connectivity index (χ4n) is 2.96. The molecule has 0 aliphatic rings. The van der Waals surface area contributed by atoms with Crippen molar-refractivity contribution < 1.29 is 19.4 Å². The molecule has 2 rings (SSSR count). The number of aryl methyl sites for hydroxylation is 2. The van der Waals surface area contributed by atoms with Crippen LogP contribution in [0, 0.1) is 13.8 Å². The van der Waals surface area contributed by atoms with Gasteiger partial charge in [0.1, 0.15) is 11.5 Å². The van der Waals surface area contributed by atoms with Gasteiger partial charge in [-0.25, -0.2) is 4.79 Å². The molecule has 0 aliphatic heterocycles. The Morgan fingerprint density at radius 2 is 1.70 bits per heavy atom. The number of carboxylic acids is 1. The predicted molar refractivity (Wildman–Crippen MR) is 105 cm³/mol. The van der Waals surface area contributed by atoms with Crippen molar-refractivity contribution in [3.05, 3.63) is 40.7 Å². The van der Waals surface area contributed by atoms with Gasteiger partial charge in [0.2, 0.25) is 0 Å². The molecule has 1 aromatic heterocycles. The van der Waals surface area contributed by atoms with E-state index < -0.39 is 5.97 Å². The maximum absolute atomic E-state index is 11.4. The molecule has 0 unspecified atom stereocenters. The lowest BCUT2D eigenvalue weighted by Gasteiger charge is -2.11. The van der Waals surface area contributed by atoms with Gasteiger partial charge < -0.3 is 14.6 Å². The summed E-state index contributed by atoms with van der Waals surface area (Å²) in [5, 5.41) is 16.5. The second-order valence-corrected chi connectivity index (χ2v) is 6.77. The number of unbranched alkanes of at least 4 members (excludes halogenated alkanes) is 3. The van der Waals surface area contributed by atoms with E-state index in [2.05, 4.69) is 17.1 Å². The lowest BCUT2D eigenvalue weighted by Crippen LogP contribution is -2.04. The summed E-state index contributed by atoms with van der Waals surface area (Å²) >= 11 is 0. The van der Waals surface area contributed by atoms with Crippen molar-refractivity contribution in [2.75, 3.05) is 13.2 Å². The zero-order valence-electron chi connectivity index (χ0n) is 16.5. The Labute approximate surface area is 160 Å². The third kappa shape index (κ3) is 6.62. The smallest absolute Gasteiger partial charge is 0.335 e. The Bertz CT molecular complexity index is 720. The van der Waals surface area contributed by atoms with Crippen LogP contribution in [0.4, 0.5) is 0 Å². The van der Waals surface area contributed by atoms with Gasteiger partial charge in [0.25, 0.3) is 0 Å². The molecule has 6 nitrogen and oxygen atoms in total.